The zero-order chi connectivity index (χ0) is 23.3. The lowest BCUT2D eigenvalue weighted by molar-refractivity contribution is 0.310. The van der Waals surface area contributed by atoms with Crippen molar-refractivity contribution in [2.75, 3.05) is 40.4 Å². The summed E-state index contributed by atoms with van der Waals surface area (Å²) in [6.45, 7) is 2.51. The predicted molar refractivity (Wildman–Crippen MR) is 129 cm³/mol. The van der Waals surface area contributed by atoms with Crippen LogP contribution in [0.4, 0.5) is 0 Å². The predicted octanol–water partition coefficient (Wildman–Crippen LogP) is 2.00. The fourth-order valence-corrected chi connectivity index (χ4v) is 2.72. The van der Waals surface area contributed by atoms with Crippen LogP contribution in [0.5, 0.6) is 11.5 Å². The second-order valence-electron chi connectivity index (χ2n) is 7.31. The van der Waals surface area contributed by atoms with E-state index in [0.29, 0.717) is 30.9 Å². The molecule has 0 atom stereocenters. The summed E-state index contributed by atoms with van der Waals surface area (Å²) in [4.78, 5) is 6.55. The highest BCUT2D eigenvalue weighted by molar-refractivity contribution is 5.95. The lowest BCUT2D eigenvalue weighted by Crippen LogP contribution is -2.37. The van der Waals surface area contributed by atoms with Crippen LogP contribution >= 0.6 is 0 Å². The molecule has 9 nitrogen and oxygen atoms in total. The molecule has 0 aliphatic carbocycles. The molecule has 0 radical (unpaired) electrons. The van der Waals surface area contributed by atoms with Crippen LogP contribution in [0.2, 0.25) is 0 Å². The first-order chi connectivity index (χ1) is 15.4. The highest BCUT2D eigenvalue weighted by Crippen LogP contribution is 2.13. The van der Waals surface area contributed by atoms with Crippen LogP contribution in [-0.2, 0) is 0 Å². The molecule has 0 unspecified atom stereocenters. The number of nitrogens with two attached hydrogens (primary N) is 2. The second kappa shape index (κ2) is 12.8. The largest absolute Gasteiger partial charge is 0.494 e. The van der Waals surface area contributed by atoms with E-state index in [1.54, 1.807) is 24.3 Å². The number of nitrogens with one attached hydrogen (secondary N) is 3. The minimum atomic E-state index is 0.0458. The maximum Gasteiger partial charge on any atom is 0.193 e. The van der Waals surface area contributed by atoms with Gasteiger partial charge in [0, 0.05) is 44.7 Å². The number of aliphatic imine (C=N–C) groups is 1. The minimum Gasteiger partial charge on any atom is -0.494 e. The monoisotopic (exact) mass is 439 g/mol. The Labute approximate surface area is 189 Å². The fraction of sp³-hybridized carbons (Fsp3) is 0.348. The summed E-state index contributed by atoms with van der Waals surface area (Å²) in [6.07, 6.45) is 1.60. The van der Waals surface area contributed by atoms with Crippen LogP contribution in [0.3, 0.4) is 0 Å². The molecule has 0 bridgehead atoms. The topological polar surface area (TPSA) is 146 Å². The third-order valence-electron chi connectivity index (χ3n) is 4.46. The highest BCUT2D eigenvalue weighted by atomic mass is 16.5. The van der Waals surface area contributed by atoms with Gasteiger partial charge in [0.2, 0.25) is 0 Å². The smallest absolute Gasteiger partial charge is 0.193 e. The first kappa shape index (κ1) is 24.5. The maximum atomic E-state index is 7.40. The SMILES string of the molecule is CN(C)/C(=N\CCCOc1ccc(C(=N)N)cc1)NCCCOc1ccc(C(=N)N)cc1. The molecule has 9 heteroatoms. The van der Waals surface area contributed by atoms with Crippen molar-refractivity contribution in [3.05, 3.63) is 59.7 Å². The first-order valence-electron chi connectivity index (χ1n) is 10.5. The number of hydrogen-bond acceptors (Lipinski definition) is 5. The standard InChI is InChI=1S/C23H33N7O2/c1-30(2)23(28-13-3-15-31-19-9-5-17(6-10-19)21(24)25)29-14-4-16-32-20-11-7-18(8-12-20)22(26)27/h5-12H,3-4,13-16H2,1-2H3,(H3,24,25)(H3,26,27)(H,28,29). The highest BCUT2D eigenvalue weighted by Gasteiger charge is 2.02. The molecule has 2 aromatic carbocycles. The number of guanidine groups is 1. The van der Waals surface area contributed by atoms with E-state index in [2.05, 4.69) is 10.3 Å². The van der Waals surface area contributed by atoms with E-state index in [1.807, 2.05) is 43.3 Å². The average molecular weight is 440 g/mol. The number of nitrogen functional groups attached to an aromatic ring is 2. The third-order valence-corrected chi connectivity index (χ3v) is 4.46. The first-order valence-corrected chi connectivity index (χ1v) is 10.5. The van der Waals surface area contributed by atoms with Crippen molar-refractivity contribution in [1.82, 2.24) is 10.2 Å². The molecular formula is C23H33N7O2. The molecule has 0 saturated carbocycles. The van der Waals surface area contributed by atoms with Gasteiger partial charge in [-0.25, -0.2) is 0 Å². The Kier molecular flexibility index (Phi) is 9.83. The van der Waals surface area contributed by atoms with Crippen molar-refractivity contribution in [1.29, 1.82) is 10.8 Å². The van der Waals surface area contributed by atoms with Crippen LogP contribution in [0.1, 0.15) is 24.0 Å². The van der Waals surface area contributed by atoms with Gasteiger partial charge < -0.3 is 31.2 Å². The maximum absolute atomic E-state index is 7.40. The van der Waals surface area contributed by atoms with E-state index in [9.17, 15) is 0 Å². The van der Waals surface area contributed by atoms with Gasteiger partial charge in [0.15, 0.2) is 5.96 Å². The Morgan fingerprint density at radius 2 is 1.31 bits per heavy atom. The van der Waals surface area contributed by atoms with Gasteiger partial charge in [0.1, 0.15) is 23.2 Å². The molecule has 2 aromatic rings. The Morgan fingerprint density at radius 1 is 0.844 bits per heavy atom. The van der Waals surface area contributed by atoms with Gasteiger partial charge >= 0.3 is 0 Å². The van der Waals surface area contributed by atoms with Gasteiger partial charge in [-0.05, 0) is 55.0 Å². The van der Waals surface area contributed by atoms with Crippen LogP contribution in [-0.4, -0.2) is 62.9 Å². The van der Waals surface area contributed by atoms with E-state index in [4.69, 9.17) is 31.8 Å². The Morgan fingerprint density at radius 3 is 1.75 bits per heavy atom. The normalized spacial score (nSPS) is 11.0. The van der Waals surface area contributed by atoms with Gasteiger partial charge in [0.05, 0.1) is 13.2 Å². The van der Waals surface area contributed by atoms with E-state index < -0.39 is 0 Å². The van der Waals surface area contributed by atoms with Crippen molar-refractivity contribution < 1.29 is 9.47 Å². The van der Waals surface area contributed by atoms with Crippen molar-refractivity contribution in [2.45, 2.75) is 12.8 Å². The molecule has 172 valence electrons. The summed E-state index contributed by atoms with van der Waals surface area (Å²) in [6, 6.07) is 14.4. The van der Waals surface area contributed by atoms with E-state index in [1.165, 1.54) is 0 Å². The molecule has 0 aromatic heterocycles. The van der Waals surface area contributed by atoms with Crippen LogP contribution in [0.15, 0.2) is 53.5 Å². The molecule has 7 N–H and O–H groups in total. The Balaban J connectivity index is 1.64. The number of nitrogens with zero attached hydrogens (tertiary/aromatic N) is 2. The number of benzene rings is 2. The Hall–Kier alpha value is -3.75. The lowest BCUT2D eigenvalue weighted by Gasteiger charge is -2.18. The van der Waals surface area contributed by atoms with Crippen LogP contribution in [0, 0.1) is 10.8 Å². The van der Waals surface area contributed by atoms with Gasteiger partial charge in [-0.15, -0.1) is 0 Å². The summed E-state index contributed by atoms with van der Waals surface area (Å²) in [5.41, 5.74) is 12.3. The summed E-state index contributed by atoms with van der Waals surface area (Å²) < 4.78 is 11.4. The number of amidine groups is 2. The second-order valence-corrected chi connectivity index (χ2v) is 7.31. The molecule has 0 saturated heterocycles. The minimum absolute atomic E-state index is 0.0458. The fourth-order valence-electron chi connectivity index (χ4n) is 2.72. The quantitative estimate of drug-likeness (QED) is 0.194. The lowest BCUT2D eigenvalue weighted by atomic mass is 10.2. The summed E-state index contributed by atoms with van der Waals surface area (Å²) >= 11 is 0. The van der Waals surface area contributed by atoms with Crippen molar-refractivity contribution in [3.8, 4) is 11.5 Å². The number of rotatable bonds is 12. The molecule has 0 heterocycles. The van der Waals surface area contributed by atoms with Gasteiger partial charge in [0.25, 0.3) is 0 Å². The molecule has 0 aliphatic rings. The molecular weight excluding hydrogens is 406 g/mol. The third kappa shape index (κ3) is 8.55. The summed E-state index contributed by atoms with van der Waals surface area (Å²) in [7, 11) is 3.90. The molecule has 0 aliphatic heterocycles. The average Bonchev–Trinajstić information content (AvgIpc) is 2.77. The van der Waals surface area contributed by atoms with Crippen LogP contribution in [0.25, 0.3) is 0 Å². The Bertz CT molecular complexity index is 894. The van der Waals surface area contributed by atoms with Crippen molar-refractivity contribution >= 4 is 17.6 Å². The van der Waals surface area contributed by atoms with Crippen molar-refractivity contribution in [2.24, 2.45) is 16.5 Å². The molecule has 32 heavy (non-hydrogen) atoms. The zero-order valence-corrected chi connectivity index (χ0v) is 18.7. The number of hydrogen-bond donors (Lipinski definition) is 5. The molecule has 0 spiro atoms. The van der Waals surface area contributed by atoms with E-state index in [0.717, 1.165) is 36.8 Å². The molecule has 0 amide bonds. The molecule has 2 rings (SSSR count). The summed E-state index contributed by atoms with van der Waals surface area (Å²) in [5, 5.41) is 18.1. The van der Waals surface area contributed by atoms with Gasteiger partial charge in [-0.1, -0.05) is 0 Å². The summed E-state index contributed by atoms with van der Waals surface area (Å²) in [5.74, 6) is 2.42. The van der Waals surface area contributed by atoms with Gasteiger partial charge in [-0.2, -0.15) is 0 Å². The van der Waals surface area contributed by atoms with E-state index in [-0.39, 0.29) is 11.7 Å². The number of ether oxygens (including phenoxy) is 2. The zero-order valence-electron chi connectivity index (χ0n) is 18.7. The van der Waals surface area contributed by atoms with E-state index >= 15 is 0 Å². The van der Waals surface area contributed by atoms with Gasteiger partial charge in [-0.3, -0.25) is 15.8 Å². The van der Waals surface area contributed by atoms with Crippen molar-refractivity contribution in [3.63, 3.8) is 0 Å². The molecule has 0 fully saturated rings. The van der Waals surface area contributed by atoms with Crippen LogP contribution < -0.4 is 26.3 Å².